The molecule has 0 saturated carbocycles. The van der Waals surface area contributed by atoms with Gasteiger partial charge in [0.05, 0.1) is 17.1 Å². The van der Waals surface area contributed by atoms with Gasteiger partial charge in [0.1, 0.15) is 0 Å². The van der Waals surface area contributed by atoms with E-state index >= 15 is 0 Å². The van der Waals surface area contributed by atoms with Crippen LogP contribution in [0.3, 0.4) is 0 Å². The van der Waals surface area contributed by atoms with E-state index in [0.717, 1.165) is 22.6 Å². The molecule has 0 aliphatic carbocycles. The molecule has 0 fully saturated rings. The van der Waals surface area contributed by atoms with Crippen molar-refractivity contribution in [3.63, 3.8) is 0 Å². The van der Waals surface area contributed by atoms with Crippen molar-refractivity contribution in [3.05, 3.63) is 90.4 Å². The van der Waals surface area contributed by atoms with Crippen molar-refractivity contribution in [2.75, 3.05) is 6.54 Å². The number of nitrogens with zero attached hydrogens (tertiary/aromatic N) is 3. The first-order chi connectivity index (χ1) is 13.8. The molecule has 0 spiro atoms. The Labute approximate surface area is 162 Å². The molecular weight excluding hydrogens is 350 g/mol. The van der Waals surface area contributed by atoms with Crippen LogP contribution in [-0.4, -0.2) is 32.6 Å². The van der Waals surface area contributed by atoms with Gasteiger partial charge < -0.3 is 5.32 Å². The first-order valence-corrected chi connectivity index (χ1v) is 9.05. The average Bonchev–Trinajstić information content (AvgIpc) is 3.25. The summed E-state index contributed by atoms with van der Waals surface area (Å²) < 4.78 is 0. The van der Waals surface area contributed by atoms with Crippen LogP contribution in [-0.2, 0) is 6.42 Å². The van der Waals surface area contributed by atoms with Gasteiger partial charge in [-0.1, -0.05) is 30.3 Å². The first kappa shape index (κ1) is 17.6. The molecule has 1 aromatic carbocycles. The molecule has 6 nitrogen and oxygen atoms in total. The minimum atomic E-state index is -0.131. The number of benzene rings is 1. The zero-order valence-electron chi connectivity index (χ0n) is 15.2. The highest BCUT2D eigenvalue weighted by Crippen LogP contribution is 2.25. The van der Waals surface area contributed by atoms with Crippen LogP contribution in [0.2, 0.25) is 0 Å². The summed E-state index contributed by atoms with van der Waals surface area (Å²) in [6.07, 6.45) is 4.17. The van der Waals surface area contributed by atoms with Gasteiger partial charge in [0.25, 0.3) is 5.91 Å². The molecule has 3 heterocycles. The van der Waals surface area contributed by atoms with E-state index in [1.165, 1.54) is 0 Å². The van der Waals surface area contributed by atoms with Gasteiger partial charge in [-0.15, -0.1) is 0 Å². The molecule has 0 radical (unpaired) electrons. The van der Waals surface area contributed by atoms with E-state index in [0.29, 0.717) is 24.2 Å². The van der Waals surface area contributed by atoms with Crippen LogP contribution in [0.4, 0.5) is 0 Å². The summed E-state index contributed by atoms with van der Waals surface area (Å²) in [4.78, 5) is 21.3. The average molecular weight is 369 g/mol. The second kappa shape index (κ2) is 8.26. The van der Waals surface area contributed by atoms with Crippen molar-refractivity contribution in [1.82, 2.24) is 25.5 Å². The van der Waals surface area contributed by atoms with Crippen LogP contribution in [0.25, 0.3) is 22.6 Å². The van der Waals surface area contributed by atoms with Gasteiger partial charge in [-0.25, -0.2) is 0 Å². The smallest absolute Gasteiger partial charge is 0.251 e. The maximum atomic E-state index is 12.7. The summed E-state index contributed by atoms with van der Waals surface area (Å²) in [5.74, 6) is -0.131. The molecule has 6 heteroatoms. The zero-order valence-corrected chi connectivity index (χ0v) is 15.2. The molecule has 0 aliphatic heterocycles. The summed E-state index contributed by atoms with van der Waals surface area (Å²) in [7, 11) is 0. The van der Waals surface area contributed by atoms with Crippen molar-refractivity contribution in [1.29, 1.82) is 0 Å². The van der Waals surface area contributed by atoms with Gasteiger partial charge in [-0.3, -0.25) is 19.9 Å². The highest BCUT2D eigenvalue weighted by atomic mass is 16.1. The van der Waals surface area contributed by atoms with Gasteiger partial charge in [0, 0.05) is 42.2 Å². The number of amides is 1. The van der Waals surface area contributed by atoms with Crippen LogP contribution in [0.15, 0.2) is 79.1 Å². The third-order valence-electron chi connectivity index (χ3n) is 4.36. The number of pyridine rings is 2. The van der Waals surface area contributed by atoms with Gasteiger partial charge in [0.2, 0.25) is 0 Å². The Morgan fingerprint density at radius 2 is 1.68 bits per heavy atom. The minimum Gasteiger partial charge on any atom is -0.352 e. The van der Waals surface area contributed by atoms with Crippen LogP contribution in [0, 0.1) is 0 Å². The topological polar surface area (TPSA) is 83.6 Å². The predicted molar refractivity (Wildman–Crippen MR) is 108 cm³/mol. The van der Waals surface area contributed by atoms with Crippen molar-refractivity contribution < 1.29 is 4.79 Å². The van der Waals surface area contributed by atoms with Gasteiger partial charge >= 0.3 is 0 Å². The SMILES string of the molecule is O=C(NCCc1ccccn1)c1ccccc1-c1cc(-c2ccccn2)[nH]n1. The largest absolute Gasteiger partial charge is 0.352 e. The highest BCUT2D eigenvalue weighted by molar-refractivity contribution is 6.00. The van der Waals surface area contributed by atoms with E-state index in [4.69, 9.17) is 0 Å². The fraction of sp³-hybridized carbons (Fsp3) is 0.0909. The van der Waals surface area contributed by atoms with Crippen LogP contribution >= 0.6 is 0 Å². The number of aromatic amines is 1. The Balaban J connectivity index is 1.51. The summed E-state index contributed by atoms with van der Waals surface area (Å²) >= 11 is 0. The molecule has 1 amide bonds. The predicted octanol–water partition coefficient (Wildman–Crippen LogP) is 3.51. The summed E-state index contributed by atoms with van der Waals surface area (Å²) in [6.45, 7) is 0.518. The maximum Gasteiger partial charge on any atom is 0.251 e. The lowest BCUT2D eigenvalue weighted by Gasteiger charge is -2.08. The van der Waals surface area contributed by atoms with Crippen LogP contribution in [0.1, 0.15) is 16.1 Å². The van der Waals surface area contributed by atoms with Crippen LogP contribution < -0.4 is 5.32 Å². The molecule has 2 N–H and O–H groups in total. The number of nitrogens with one attached hydrogen (secondary N) is 2. The standard InChI is InChI=1S/C22H19N5O/c28-22(25-14-11-16-7-3-5-12-23-16)18-9-2-1-8-17(18)20-15-21(27-26-20)19-10-4-6-13-24-19/h1-10,12-13,15H,11,14H2,(H,25,28)(H,26,27). The molecule has 4 rings (SSSR count). The second-order valence-corrected chi connectivity index (χ2v) is 6.25. The molecule has 138 valence electrons. The zero-order chi connectivity index (χ0) is 19.2. The summed E-state index contributed by atoms with van der Waals surface area (Å²) in [5.41, 5.74) is 4.62. The number of aromatic nitrogens is 4. The van der Waals surface area contributed by atoms with E-state index < -0.39 is 0 Å². The maximum absolute atomic E-state index is 12.7. The number of H-pyrrole nitrogens is 1. The fourth-order valence-electron chi connectivity index (χ4n) is 2.96. The molecule has 0 bridgehead atoms. The van der Waals surface area contributed by atoms with E-state index in [9.17, 15) is 4.79 Å². The van der Waals surface area contributed by atoms with Gasteiger partial charge in [-0.2, -0.15) is 5.10 Å². The Kier molecular flexibility index (Phi) is 5.20. The van der Waals surface area contributed by atoms with Gasteiger partial charge in [0.15, 0.2) is 0 Å². The Bertz CT molecular complexity index is 1060. The minimum absolute atomic E-state index is 0.131. The Morgan fingerprint density at radius 3 is 2.46 bits per heavy atom. The highest BCUT2D eigenvalue weighted by Gasteiger charge is 2.15. The van der Waals surface area contributed by atoms with E-state index in [2.05, 4.69) is 25.5 Å². The quantitative estimate of drug-likeness (QED) is 0.545. The van der Waals surface area contributed by atoms with Crippen molar-refractivity contribution in [2.45, 2.75) is 6.42 Å². The lowest BCUT2D eigenvalue weighted by Crippen LogP contribution is -2.26. The normalized spacial score (nSPS) is 10.6. The summed E-state index contributed by atoms with van der Waals surface area (Å²) in [5, 5.41) is 10.3. The number of carbonyl (C=O) groups excluding carboxylic acids is 1. The molecule has 0 unspecified atom stereocenters. The van der Waals surface area contributed by atoms with E-state index in [1.807, 2.05) is 60.7 Å². The summed E-state index contributed by atoms with van der Waals surface area (Å²) in [6, 6.07) is 20.8. The van der Waals surface area contributed by atoms with E-state index in [-0.39, 0.29) is 5.91 Å². The molecule has 3 aromatic heterocycles. The monoisotopic (exact) mass is 369 g/mol. The van der Waals surface area contributed by atoms with Crippen molar-refractivity contribution in [2.24, 2.45) is 0 Å². The third-order valence-corrected chi connectivity index (χ3v) is 4.36. The number of rotatable bonds is 6. The lowest BCUT2D eigenvalue weighted by molar-refractivity contribution is 0.0954. The van der Waals surface area contributed by atoms with E-state index in [1.54, 1.807) is 18.5 Å². The molecule has 0 aliphatic rings. The lowest BCUT2D eigenvalue weighted by atomic mass is 10.0. The molecule has 0 saturated heterocycles. The number of hydrogen-bond acceptors (Lipinski definition) is 4. The first-order valence-electron chi connectivity index (χ1n) is 9.05. The third kappa shape index (κ3) is 3.96. The molecular formula is C22H19N5O. The van der Waals surface area contributed by atoms with Gasteiger partial charge in [-0.05, 0) is 36.4 Å². The molecule has 28 heavy (non-hydrogen) atoms. The van der Waals surface area contributed by atoms with Crippen molar-refractivity contribution >= 4 is 5.91 Å². The fourth-order valence-corrected chi connectivity index (χ4v) is 2.96. The molecule has 0 atom stereocenters. The Hall–Kier alpha value is -3.80. The Morgan fingerprint density at radius 1 is 0.893 bits per heavy atom. The van der Waals surface area contributed by atoms with Crippen molar-refractivity contribution in [3.8, 4) is 22.6 Å². The number of carbonyl (C=O) groups is 1. The number of hydrogen-bond donors (Lipinski definition) is 2. The second-order valence-electron chi connectivity index (χ2n) is 6.25. The molecule has 4 aromatic rings. The van der Waals surface area contributed by atoms with Crippen LogP contribution in [0.5, 0.6) is 0 Å².